The van der Waals surface area contributed by atoms with Crippen molar-refractivity contribution in [3.63, 3.8) is 0 Å². The molecule has 0 bridgehead atoms. The quantitative estimate of drug-likeness (QED) is 0.665. The van der Waals surface area contributed by atoms with Crippen LogP contribution in [0.2, 0.25) is 0 Å². The molecule has 0 amide bonds. The Kier molecular flexibility index (Phi) is 3.63. The van der Waals surface area contributed by atoms with E-state index >= 15 is 0 Å². The second-order valence-electron chi connectivity index (χ2n) is 4.10. The molecule has 0 atom stereocenters. The fourth-order valence-corrected chi connectivity index (χ4v) is 1.67. The summed E-state index contributed by atoms with van der Waals surface area (Å²) in [4.78, 5) is 11.7. The molecule has 0 heterocycles. The third-order valence-corrected chi connectivity index (χ3v) is 2.54. The van der Waals surface area contributed by atoms with Crippen molar-refractivity contribution >= 4 is 5.97 Å². The number of phenols is 1. The van der Waals surface area contributed by atoms with E-state index in [1.54, 1.807) is 42.5 Å². The Morgan fingerprint density at radius 1 is 1.17 bits per heavy atom. The zero-order chi connectivity index (χ0) is 13.0. The van der Waals surface area contributed by atoms with E-state index in [1.807, 2.05) is 13.0 Å². The summed E-state index contributed by atoms with van der Waals surface area (Å²) in [5.41, 5.74) is 1.58. The highest BCUT2D eigenvalue weighted by molar-refractivity contribution is 5.76. The van der Waals surface area contributed by atoms with Gasteiger partial charge in [-0.1, -0.05) is 35.9 Å². The Morgan fingerprint density at radius 3 is 2.61 bits per heavy atom. The first kappa shape index (κ1) is 12.2. The summed E-state index contributed by atoms with van der Waals surface area (Å²) in [6.07, 6.45) is 0.0579. The topological polar surface area (TPSA) is 46.5 Å². The lowest BCUT2D eigenvalue weighted by atomic mass is 10.1. The Bertz CT molecular complexity index is 547. The van der Waals surface area contributed by atoms with Gasteiger partial charge in [-0.3, -0.25) is 4.79 Å². The lowest BCUT2D eigenvalue weighted by Crippen LogP contribution is -2.11. The third kappa shape index (κ3) is 3.10. The second kappa shape index (κ2) is 5.36. The summed E-state index contributed by atoms with van der Waals surface area (Å²) >= 11 is 0. The minimum atomic E-state index is -0.387. The van der Waals surface area contributed by atoms with E-state index < -0.39 is 0 Å². The molecule has 2 rings (SSSR count). The number of benzene rings is 2. The molecule has 0 fully saturated rings. The molecular weight excluding hydrogens is 228 g/mol. The number of phenolic OH excluding ortho intramolecular Hbond substituents is 1. The van der Waals surface area contributed by atoms with Crippen molar-refractivity contribution in [3.05, 3.63) is 59.7 Å². The standard InChI is InChI=1S/C15H14O3/c1-11-7-8-14(16)12(9-11)10-15(17)18-13-5-3-2-4-6-13/h2-9,16H,10H2,1H3. The molecule has 2 aromatic carbocycles. The van der Waals surface area contributed by atoms with Crippen LogP contribution >= 0.6 is 0 Å². The number of para-hydroxylation sites is 1. The second-order valence-corrected chi connectivity index (χ2v) is 4.10. The average Bonchev–Trinajstić information content (AvgIpc) is 2.35. The molecule has 0 spiro atoms. The maximum Gasteiger partial charge on any atom is 0.315 e. The van der Waals surface area contributed by atoms with Crippen molar-refractivity contribution in [3.8, 4) is 11.5 Å². The lowest BCUT2D eigenvalue weighted by Gasteiger charge is -2.06. The van der Waals surface area contributed by atoms with Crippen LogP contribution in [-0.2, 0) is 11.2 Å². The third-order valence-electron chi connectivity index (χ3n) is 2.54. The number of rotatable bonds is 3. The van der Waals surface area contributed by atoms with E-state index in [1.165, 1.54) is 0 Å². The summed E-state index contributed by atoms with van der Waals surface area (Å²) in [6.45, 7) is 1.91. The predicted molar refractivity (Wildman–Crippen MR) is 68.6 cm³/mol. The van der Waals surface area contributed by atoms with Crippen molar-refractivity contribution in [2.24, 2.45) is 0 Å². The van der Waals surface area contributed by atoms with Gasteiger partial charge in [-0.15, -0.1) is 0 Å². The van der Waals surface area contributed by atoms with Crippen molar-refractivity contribution < 1.29 is 14.6 Å². The number of carbonyl (C=O) groups excluding carboxylic acids is 1. The molecule has 2 aromatic rings. The number of aryl methyl sites for hydroxylation is 1. The molecule has 1 N–H and O–H groups in total. The van der Waals surface area contributed by atoms with Gasteiger partial charge in [-0.25, -0.2) is 0 Å². The average molecular weight is 242 g/mol. The molecule has 0 aromatic heterocycles. The number of esters is 1. The smallest absolute Gasteiger partial charge is 0.315 e. The van der Waals surface area contributed by atoms with Gasteiger partial charge in [-0.05, 0) is 25.1 Å². The number of carbonyl (C=O) groups is 1. The van der Waals surface area contributed by atoms with Crippen LogP contribution in [0.4, 0.5) is 0 Å². The maximum atomic E-state index is 11.7. The number of aromatic hydroxyl groups is 1. The molecule has 92 valence electrons. The van der Waals surface area contributed by atoms with Gasteiger partial charge in [0.25, 0.3) is 0 Å². The van der Waals surface area contributed by atoms with Crippen molar-refractivity contribution in [2.75, 3.05) is 0 Å². The lowest BCUT2D eigenvalue weighted by molar-refractivity contribution is -0.133. The van der Waals surface area contributed by atoms with Crippen molar-refractivity contribution in [2.45, 2.75) is 13.3 Å². The van der Waals surface area contributed by atoms with E-state index in [0.29, 0.717) is 11.3 Å². The van der Waals surface area contributed by atoms with Crippen LogP contribution in [0.5, 0.6) is 11.5 Å². The SMILES string of the molecule is Cc1ccc(O)c(CC(=O)Oc2ccccc2)c1. The molecule has 18 heavy (non-hydrogen) atoms. The Labute approximate surface area is 106 Å². The molecule has 0 aliphatic heterocycles. The molecule has 0 aliphatic rings. The Hall–Kier alpha value is -2.29. The van der Waals surface area contributed by atoms with Gasteiger partial charge in [0.1, 0.15) is 11.5 Å². The summed E-state index contributed by atoms with van der Waals surface area (Å²) < 4.78 is 5.16. The fraction of sp³-hybridized carbons (Fsp3) is 0.133. The molecule has 3 heteroatoms. The van der Waals surface area contributed by atoms with Crippen LogP contribution in [-0.4, -0.2) is 11.1 Å². The van der Waals surface area contributed by atoms with E-state index in [-0.39, 0.29) is 18.1 Å². The number of hydrogen-bond donors (Lipinski definition) is 1. The molecule has 0 saturated carbocycles. The van der Waals surface area contributed by atoms with Crippen LogP contribution in [0.15, 0.2) is 48.5 Å². The zero-order valence-electron chi connectivity index (χ0n) is 10.1. The molecule has 0 unspecified atom stereocenters. The molecule has 3 nitrogen and oxygen atoms in total. The Morgan fingerprint density at radius 2 is 1.89 bits per heavy atom. The van der Waals surface area contributed by atoms with Gasteiger partial charge in [-0.2, -0.15) is 0 Å². The van der Waals surface area contributed by atoms with Crippen LogP contribution < -0.4 is 4.74 Å². The van der Waals surface area contributed by atoms with E-state index in [0.717, 1.165) is 5.56 Å². The van der Waals surface area contributed by atoms with Crippen LogP contribution in [0, 0.1) is 6.92 Å². The highest BCUT2D eigenvalue weighted by Gasteiger charge is 2.09. The predicted octanol–water partition coefficient (Wildman–Crippen LogP) is 2.85. The van der Waals surface area contributed by atoms with Gasteiger partial charge >= 0.3 is 5.97 Å². The maximum absolute atomic E-state index is 11.7. The largest absolute Gasteiger partial charge is 0.508 e. The highest BCUT2D eigenvalue weighted by atomic mass is 16.5. The van der Waals surface area contributed by atoms with Gasteiger partial charge in [0.05, 0.1) is 6.42 Å². The summed E-state index contributed by atoms with van der Waals surface area (Å²) in [6, 6.07) is 14.0. The van der Waals surface area contributed by atoms with Gasteiger partial charge in [0.15, 0.2) is 0 Å². The van der Waals surface area contributed by atoms with E-state index in [9.17, 15) is 9.90 Å². The first-order valence-corrected chi connectivity index (χ1v) is 5.69. The zero-order valence-corrected chi connectivity index (χ0v) is 10.1. The fourth-order valence-electron chi connectivity index (χ4n) is 1.67. The Balaban J connectivity index is 2.05. The van der Waals surface area contributed by atoms with Gasteiger partial charge in [0, 0.05) is 5.56 Å². The van der Waals surface area contributed by atoms with E-state index in [4.69, 9.17) is 4.74 Å². The first-order valence-electron chi connectivity index (χ1n) is 5.69. The molecule has 0 radical (unpaired) electrons. The summed E-state index contributed by atoms with van der Waals surface area (Å²) in [5.74, 6) is 0.238. The van der Waals surface area contributed by atoms with Crippen LogP contribution in [0.1, 0.15) is 11.1 Å². The first-order chi connectivity index (χ1) is 8.65. The number of hydrogen-bond acceptors (Lipinski definition) is 3. The minimum Gasteiger partial charge on any atom is -0.508 e. The monoisotopic (exact) mass is 242 g/mol. The normalized spacial score (nSPS) is 10.1. The van der Waals surface area contributed by atoms with E-state index in [2.05, 4.69) is 0 Å². The molecular formula is C15H14O3. The van der Waals surface area contributed by atoms with Gasteiger partial charge in [0.2, 0.25) is 0 Å². The van der Waals surface area contributed by atoms with Crippen LogP contribution in [0.3, 0.4) is 0 Å². The van der Waals surface area contributed by atoms with Crippen molar-refractivity contribution in [1.82, 2.24) is 0 Å². The minimum absolute atomic E-state index is 0.0579. The van der Waals surface area contributed by atoms with Crippen molar-refractivity contribution in [1.29, 1.82) is 0 Å². The molecule has 0 aliphatic carbocycles. The van der Waals surface area contributed by atoms with Gasteiger partial charge < -0.3 is 9.84 Å². The number of ether oxygens (including phenoxy) is 1. The highest BCUT2D eigenvalue weighted by Crippen LogP contribution is 2.19. The molecule has 0 saturated heterocycles. The summed E-state index contributed by atoms with van der Waals surface area (Å²) in [7, 11) is 0. The van der Waals surface area contributed by atoms with Crippen LogP contribution in [0.25, 0.3) is 0 Å². The summed E-state index contributed by atoms with van der Waals surface area (Å²) in [5, 5.41) is 9.64.